The average Bonchev–Trinajstić information content (AvgIpc) is 2.56. The summed E-state index contributed by atoms with van der Waals surface area (Å²) in [6.45, 7) is 0. The minimum absolute atomic E-state index is 0.173. The lowest BCUT2D eigenvalue weighted by molar-refractivity contribution is -0.110. The van der Waals surface area contributed by atoms with Gasteiger partial charge < -0.3 is 10.1 Å². The number of benzene rings is 2. The lowest BCUT2D eigenvalue weighted by Gasteiger charge is -2.14. The molecule has 1 heterocycles. The molecule has 0 saturated heterocycles. The molecular formula is C15H11NO3. The highest BCUT2D eigenvalue weighted by atomic mass is 16.5. The third kappa shape index (κ3) is 1.87. The normalized spacial score (nSPS) is 16.6. The number of fused-ring (bicyclic) bond motifs is 2. The molecule has 0 spiro atoms. The van der Waals surface area contributed by atoms with Gasteiger partial charge in [0.15, 0.2) is 5.78 Å². The number of hydrogen-bond donors (Lipinski definition) is 1. The first-order chi connectivity index (χ1) is 9.31. The van der Waals surface area contributed by atoms with E-state index < -0.39 is 6.04 Å². The Morgan fingerprint density at radius 1 is 1.00 bits per heavy atom. The van der Waals surface area contributed by atoms with Crippen LogP contribution in [0.1, 0.15) is 22.0 Å². The quantitative estimate of drug-likeness (QED) is 0.836. The van der Waals surface area contributed by atoms with E-state index in [4.69, 9.17) is 4.74 Å². The van der Waals surface area contributed by atoms with Crippen LogP contribution in [-0.4, -0.2) is 12.2 Å². The summed E-state index contributed by atoms with van der Waals surface area (Å²) >= 11 is 0. The highest BCUT2D eigenvalue weighted by Crippen LogP contribution is 2.37. The van der Waals surface area contributed by atoms with Crippen LogP contribution in [0.5, 0.6) is 11.5 Å². The zero-order valence-corrected chi connectivity index (χ0v) is 10.00. The molecule has 4 heteroatoms. The van der Waals surface area contributed by atoms with Crippen molar-refractivity contribution in [1.29, 1.82) is 0 Å². The van der Waals surface area contributed by atoms with Gasteiger partial charge in [-0.3, -0.25) is 9.59 Å². The SMILES string of the molecule is O=CNC1C(=O)c2ccccc2Oc2ccccc21. The molecule has 4 nitrogen and oxygen atoms in total. The lowest BCUT2D eigenvalue weighted by Crippen LogP contribution is -2.26. The topological polar surface area (TPSA) is 55.4 Å². The van der Waals surface area contributed by atoms with Crippen molar-refractivity contribution >= 4 is 12.2 Å². The van der Waals surface area contributed by atoms with Crippen LogP contribution in [0.2, 0.25) is 0 Å². The number of ether oxygens (including phenoxy) is 1. The molecule has 0 radical (unpaired) electrons. The van der Waals surface area contributed by atoms with Crippen molar-refractivity contribution < 1.29 is 14.3 Å². The van der Waals surface area contributed by atoms with Crippen LogP contribution in [0.15, 0.2) is 48.5 Å². The second-order valence-electron chi connectivity index (χ2n) is 4.22. The van der Waals surface area contributed by atoms with Crippen LogP contribution in [0.4, 0.5) is 0 Å². The number of nitrogens with one attached hydrogen (secondary N) is 1. The highest BCUT2D eigenvalue weighted by molar-refractivity contribution is 6.04. The largest absolute Gasteiger partial charge is 0.456 e. The average molecular weight is 253 g/mol. The molecule has 3 rings (SSSR count). The van der Waals surface area contributed by atoms with Crippen molar-refractivity contribution in [1.82, 2.24) is 5.32 Å². The smallest absolute Gasteiger partial charge is 0.207 e. The zero-order valence-electron chi connectivity index (χ0n) is 10.00. The number of para-hydroxylation sites is 2. The molecule has 1 aliphatic heterocycles. The second kappa shape index (κ2) is 4.57. The summed E-state index contributed by atoms with van der Waals surface area (Å²) < 4.78 is 5.77. The Balaban J connectivity index is 2.21. The van der Waals surface area contributed by atoms with Crippen molar-refractivity contribution in [2.45, 2.75) is 6.04 Å². The van der Waals surface area contributed by atoms with Crippen LogP contribution in [0.25, 0.3) is 0 Å². The first-order valence-electron chi connectivity index (χ1n) is 5.91. The van der Waals surface area contributed by atoms with E-state index in [0.717, 1.165) is 0 Å². The van der Waals surface area contributed by atoms with Crippen molar-refractivity contribution in [3.63, 3.8) is 0 Å². The second-order valence-corrected chi connectivity index (χ2v) is 4.22. The fourth-order valence-corrected chi connectivity index (χ4v) is 2.22. The molecule has 2 aromatic carbocycles. The molecule has 2 aromatic rings. The lowest BCUT2D eigenvalue weighted by atomic mass is 9.98. The van der Waals surface area contributed by atoms with E-state index in [9.17, 15) is 9.59 Å². The predicted octanol–water partition coefficient (Wildman–Crippen LogP) is 2.46. The molecular weight excluding hydrogens is 242 g/mol. The van der Waals surface area contributed by atoms with E-state index in [-0.39, 0.29) is 5.78 Å². The maximum atomic E-state index is 12.5. The van der Waals surface area contributed by atoms with E-state index in [2.05, 4.69) is 5.32 Å². The van der Waals surface area contributed by atoms with Crippen LogP contribution in [-0.2, 0) is 4.79 Å². The predicted molar refractivity (Wildman–Crippen MR) is 69.2 cm³/mol. The molecule has 1 N–H and O–H groups in total. The number of rotatable bonds is 2. The van der Waals surface area contributed by atoms with Crippen molar-refractivity contribution in [3.8, 4) is 11.5 Å². The van der Waals surface area contributed by atoms with Gasteiger partial charge in [-0.25, -0.2) is 0 Å². The Morgan fingerprint density at radius 3 is 2.47 bits per heavy atom. The summed E-state index contributed by atoms with van der Waals surface area (Å²) in [5.41, 5.74) is 1.13. The maximum Gasteiger partial charge on any atom is 0.207 e. The summed E-state index contributed by atoms with van der Waals surface area (Å²) in [6.07, 6.45) is 0.535. The third-order valence-corrected chi connectivity index (χ3v) is 3.10. The molecule has 0 saturated carbocycles. The number of amides is 1. The Kier molecular flexibility index (Phi) is 2.76. The van der Waals surface area contributed by atoms with Crippen LogP contribution < -0.4 is 10.1 Å². The van der Waals surface area contributed by atoms with Gasteiger partial charge in [0.25, 0.3) is 0 Å². The summed E-state index contributed by atoms with van der Waals surface area (Å²) in [6, 6.07) is 13.5. The van der Waals surface area contributed by atoms with Crippen LogP contribution in [0, 0.1) is 0 Å². The molecule has 1 aliphatic rings. The van der Waals surface area contributed by atoms with Gasteiger partial charge in [0.2, 0.25) is 6.41 Å². The fourth-order valence-electron chi connectivity index (χ4n) is 2.22. The monoisotopic (exact) mass is 253 g/mol. The summed E-state index contributed by atoms with van der Waals surface area (Å²) in [5, 5.41) is 2.56. The maximum absolute atomic E-state index is 12.5. The molecule has 0 aromatic heterocycles. The van der Waals surface area contributed by atoms with Crippen molar-refractivity contribution in [3.05, 3.63) is 59.7 Å². The zero-order chi connectivity index (χ0) is 13.2. The molecule has 0 bridgehead atoms. The van der Waals surface area contributed by atoms with Gasteiger partial charge in [0, 0.05) is 5.56 Å². The minimum atomic E-state index is -0.711. The molecule has 0 fully saturated rings. The van der Waals surface area contributed by atoms with Crippen LogP contribution in [0.3, 0.4) is 0 Å². The molecule has 19 heavy (non-hydrogen) atoms. The van der Waals surface area contributed by atoms with Gasteiger partial charge in [-0.15, -0.1) is 0 Å². The molecule has 0 aliphatic carbocycles. The number of carbonyl (C=O) groups excluding carboxylic acids is 2. The number of carbonyl (C=O) groups is 2. The Hall–Kier alpha value is -2.62. The molecule has 94 valence electrons. The number of Topliss-reactive ketones (excluding diaryl/α,β-unsaturated/α-hetero) is 1. The van der Waals surface area contributed by atoms with E-state index in [1.807, 2.05) is 18.2 Å². The first-order valence-corrected chi connectivity index (χ1v) is 5.91. The van der Waals surface area contributed by atoms with E-state index in [1.54, 1.807) is 30.3 Å². The van der Waals surface area contributed by atoms with E-state index in [0.29, 0.717) is 29.0 Å². The molecule has 1 atom stereocenters. The van der Waals surface area contributed by atoms with E-state index in [1.165, 1.54) is 0 Å². The fraction of sp³-hybridized carbons (Fsp3) is 0.0667. The van der Waals surface area contributed by atoms with Gasteiger partial charge in [-0.1, -0.05) is 30.3 Å². The minimum Gasteiger partial charge on any atom is -0.456 e. The van der Waals surface area contributed by atoms with Gasteiger partial charge in [0.05, 0.1) is 5.56 Å². The van der Waals surface area contributed by atoms with E-state index >= 15 is 0 Å². The molecule has 1 amide bonds. The molecule has 1 unspecified atom stereocenters. The van der Waals surface area contributed by atoms with Crippen molar-refractivity contribution in [2.75, 3.05) is 0 Å². The Morgan fingerprint density at radius 2 is 1.68 bits per heavy atom. The number of ketones is 1. The van der Waals surface area contributed by atoms with Crippen molar-refractivity contribution in [2.24, 2.45) is 0 Å². The Labute approximate surface area is 110 Å². The Bertz CT molecular complexity index is 651. The summed E-state index contributed by atoms with van der Waals surface area (Å²) in [4.78, 5) is 23.2. The van der Waals surface area contributed by atoms with Crippen LogP contribution >= 0.6 is 0 Å². The first kappa shape index (κ1) is 11.5. The summed E-state index contributed by atoms with van der Waals surface area (Å²) in [5.74, 6) is 0.919. The highest BCUT2D eigenvalue weighted by Gasteiger charge is 2.30. The van der Waals surface area contributed by atoms with Gasteiger partial charge in [-0.2, -0.15) is 0 Å². The third-order valence-electron chi connectivity index (χ3n) is 3.10. The van der Waals surface area contributed by atoms with Gasteiger partial charge in [-0.05, 0) is 18.2 Å². The summed E-state index contributed by atoms with van der Waals surface area (Å²) in [7, 11) is 0. The standard InChI is InChI=1S/C15H11NO3/c17-9-16-14-10-5-1-3-7-12(10)19-13-8-4-2-6-11(13)15(14)18/h1-9,14H,(H,16,17). The van der Waals surface area contributed by atoms with Gasteiger partial charge in [0.1, 0.15) is 17.5 Å². The number of hydrogen-bond acceptors (Lipinski definition) is 3. The van der Waals surface area contributed by atoms with Gasteiger partial charge >= 0.3 is 0 Å².